The highest BCUT2D eigenvalue weighted by atomic mass is 16.5. The van der Waals surface area contributed by atoms with Crippen molar-refractivity contribution in [2.45, 2.75) is 20.8 Å². The van der Waals surface area contributed by atoms with Gasteiger partial charge in [-0.25, -0.2) is 4.79 Å². The number of rotatable bonds is 5. The van der Waals surface area contributed by atoms with Crippen molar-refractivity contribution < 1.29 is 19.1 Å². The summed E-state index contributed by atoms with van der Waals surface area (Å²) in [6, 6.07) is 12.5. The molecule has 0 spiro atoms. The summed E-state index contributed by atoms with van der Waals surface area (Å²) in [6.07, 6.45) is 0. The fourth-order valence-electron chi connectivity index (χ4n) is 3.50. The maximum Gasteiger partial charge on any atom is 0.338 e. The summed E-state index contributed by atoms with van der Waals surface area (Å²) in [5.41, 5.74) is 3.27. The molecule has 1 aliphatic rings. The quantitative estimate of drug-likeness (QED) is 0.768. The van der Waals surface area contributed by atoms with Crippen LogP contribution in [0, 0.1) is 6.92 Å². The van der Waals surface area contributed by atoms with E-state index in [0.717, 1.165) is 11.3 Å². The number of carbonyl (C=O) groups excluding carboxylic acids is 3. The largest absolute Gasteiger partial charge is 0.462 e. The van der Waals surface area contributed by atoms with E-state index in [1.54, 1.807) is 36.9 Å². The third-order valence-corrected chi connectivity index (χ3v) is 5.10. The molecule has 0 radical (unpaired) electrons. The van der Waals surface area contributed by atoms with Crippen LogP contribution in [0.5, 0.6) is 0 Å². The number of benzene rings is 2. The molecule has 2 amide bonds. The van der Waals surface area contributed by atoms with E-state index in [9.17, 15) is 14.4 Å². The Morgan fingerprint density at radius 1 is 1.00 bits per heavy atom. The molecule has 0 aromatic heterocycles. The second-order valence-electron chi connectivity index (χ2n) is 7.27. The van der Waals surface area contributed by atoms with Gasteiger partial charge < -0.3 is 19.9 Å². The normalized spacial score (nSPS) is 13.7. The van der Waals surface area contributed by atoms with Crippen molar-refractivity contribution in [2.75, 3.05) is 43.0 Å². The first-order chi connectivity index (χ1) is 14.4. The minimum atomic E-state index is -0.434. The summed E-state index contributed by atoms with van der Waals surface area (Å²) in [5, 5.41) is 2.95. The zero-order chi connectivity index (χ0) is 21.7. The first kappa shape index (κ1) is 21.4. The molecule has 7 nitrogen and oxygen atoms in total. The van der Waals surface area contributed by atoms with Crippen LogP contribution in [0.2, 0.25) is 0 Å². The molecule has 1 fully saturated rings. The van der Waals surface area contributed by atoms with E-state index < -0.39 is 5.97 Å². The molecular weight excluding hydrogens is 382 g/mol. The van der Waals surface area contributed by atoms with Crippen molar-refractivity contribution in [3.8, 4) is 0 Å². The van der Waals surface area contributed by atoms with Gasteiger partial charge in [-0.3, -0.25) is 9.59 Å². The lowest BCUT2D eigenvalue weighted by Crippen LogP contribution is -2.48. The first-order valence-corrected chi connectivity index (χ1v) is 10.1. The zero-order valence-electron chi connectivity index (χ0n) is 17.6. The fourth-order valence-corrected chi connectivity index (χ4v) is 3.50. The predicted octanol–water partition coefficient (Wildman–Crippen LogP) is 3.09. The maximum absolute atomic E-state index is 12.9. The topological polar surface area (TPSA) is 79.0 Å². The number of ether oxygens (including phenoxy) is 1. The first-order valence-electron chi connectivity index (χ1n) is 10.1. The van der Waals surface area contributed by atoms with E-state index in [1.807, 2.05) is 31.2 Å². The molecule has 7 heteroatoms. The molecule has 1 N–H and O–H groups in total. The number of aryl methyl sites for hydroxylation is 1. The number of hydrogen-bond acceptors (Lipinski definition) is 5. The molecule has 1 aliphatic heterocycles. The van der Waals surface area contributed by atoms with Crippen molar-refractivity contribution in [1.29, 1.82) is 0 Å². The lowest BCUT2D eigenvalue weighted by atomic mass is 10.1. The van der Waals surface area contributed by atoms with Crippen LogP contribution in [-0.4, -0.2) is 55.5 Å². The second kappa shape index (κ2) is 9.43. The van der Waals surface area contributed by atoms with Gasteiger partial charge in [-0.1, -0.05) is 17.7 Å². The van der Waals surface area contributed by atoms with E-state index in [2.05, 4.69) is 10.2 Å². The summed E-state index contributed by atoms with van der Waals surface area (Å²) in [7, 11) is 0. The Labute approximate surface area is 176 Å². The van der Waals surface area contributed by atoms with Crippen molar-refractivity contribution >= 4 is 29.2 Å². The molecule has 30 heavy (non-hydrogen) atoms. The Hall–Kier alpha value is -3.35. The van der Waals surface area contributed by atoms with E-state index in [-0.39, 0.29) is 18.4 Å². The monoisotopic (exact) mass is 409 g/mol. The van der Waals surface area contributed by atoms with Crippen LogP contribution in [0.3, 0.4) is 0 Å². The Kier molecular flexibility index (Phi) is 6.72. The molecule has 0 atom stereocenters. The average molecular weight is 409 g/mol. The van der Waals surface area contributed by atoms with Crippen LogP contribution in [-0.2, 0) is 9.53 Å². The van der Waals surface area contributed by atoms with Gasteiger partial charge >= 0.3 is 5.97 Å². The molecule has 2 aromatic carbocycles. The highest BCUT2D eigenvalue weighted by Crippen LogP contribution is 2.29. The van der Waals surface area contributed by atoms with Crippen LogP contribution >= 0.6 is 0 Å². The Bertz CT molecular complexity index is 949. The van der Waals surface area contributed by atoms with E-state index in [4.69, 9.17) is 4.74 Å². The molecule has 1 saturated heterocycles. The smallest absolute Gasteiger partial charge is 0.338 e. The van der Waals surface area contributed by atoms with Crippen molar-refractivity contribution in [3.05, 3.63) is 59.2 Å². The van der Waals surface area contributed by atoms with Crippen molar-refractivity contribution in [1.82, 2.24) is 4.90 Å². The number of hydrogen-bond donors (Lipinski definition) is 1. The maximum atomic E-state index is 12.9. The van der Waals surface area contributed by atoms with Gasteiger partial charge in [-0.05, 0) is 44.2 Å². The molecule has 0 unspecified atom stereocenters. The molecule has 1 heterocycles. The van der Waals surface area contributed by atoms with Crippen molar-refractivity contribution in [2.24, 2.45) is 0 Å². The molecule has 158 valence electrons. The van der Waals surface area contributed by atoms with Gasteiger partial charge in [0.2, 0.25) is 5.91 Å². The number of nitrogens with zero attached hydrogens (tertiary/aromatic N) is 2. The highest BCUT2D eigenvalue weighted by Gasteiger charge is 2.22. The van der Waals surface area contributed by atoms with Gasteiger partial charge in [0, 0.05) is 38.7 Å². The van der Waals surface area contributed by atoms with Crippen LogP contribution in [0.15, 0.2) is 42.5 Å². The molecule has 0 aliphatic carbocycles. The van der Waals surface area contributed by atoms with Crippen LogP contribution in [0.1, 0.15) is 40.1 Å². The van der Waals surface area contributed by atoms with Gasteiger partial charge in [0.1, 0.15) is 0 Å². The number of piperazine rings is 1. The lowest BCUT2D eigenvalue weighted by molar-refractivity contribution is -0.129. The standard InChI is InChI=1S/C23H27N3O4/c1-4-30-23(29)19-8-9-21(26-12-10-25(11-13-26)17(3)27)20(15-19)24-22(28)18-7-5-6-16(2)14-18/h5-9,14-15H,4,10-13H2,1-3H3,(H,24,28). The molecule has 2 aromatic rings. The van der Waals surface area contributed by atoms with E-state index in [0.29, 0.717) is 43.0 Å². The molecule has 3 rings (SSSR count). The Balaban J connectivity index is 1.89. The van der Waals surface area contributed by atoms with Crippen LogP contribution in [0.25, 0.3) is 0 Å². The second-order valence-corrected chi connectivity index (χ2v) is 7.27. The van der Waals surface area contributed by atoms with Gasteiger partial charge in [-0.2, -0.15) is 0 Å². The van der Waals surface area contributed by atoms with Gasteiger partial charge in [0.15, 0.2) is 0 Å². The average Bonchev–Trinajstić information content (AvgIpc) is 2.74. The minimum absolute atomic E-state index is 0.0558. The van der Waals surface area contributed by atoms with Gasteiger partial charge in [0.05, 0.1) is 23.5 Å². The summed E-state index contributed by atoms with van der Waals surface area (Å²) < 4.78 is 5.10. The SMILES string of the molecule is CCOC(=O)c1ccc(N2CCN(C(C)=O)CC2)c(NC(=O)c2cccc(C)c2)c1. The van der Waals surface area contributed by atoms with Gasteiger partial charge in [0.25, 0.3) is 5.91 Å². The molecule has 0 saturated carbocycles. The number of anilines is 2. The van der Waals surface area contributed by atoms with E-state index in [1.165, 1.54) is 0 Å². The van der Waals surface area contributed by atoms with Gasteiger partial charge in [-0.15, -0.1) is 0 Å². The van der Waals surface area contributed by atoms with Crippen LogP contribution < -0.4 is 10.2 Å². The summed E-state index contributed by atoms with van der Waals surface area (Å²) in [6.45, 7) is 8.03. The molecule has 0 bridgehead atoms. The van der Waals surface area contributed by atoms with Crippen molar-refractivity contribution in [3.63, 3.8) is 0 Å². The number of amides is 2. The predicted molar refractivity (Wildman–Crippen MR) is 116 cm³/mol. The minimum Gasteiger partial charge on any atom is -0.462 e. The number of carbonyl (C=O) groups is 3. The van der Waals surface area contributed by atoms with E-state index >= 15 is 0 Å². The Morgan fingerprint density at radius 3 is 2.37 bits per heavy atom. The molecular formula is C23H27N3O4. The third-order valence-electron chi connectivity index (χ3n) is 5.10. The summed E-state index contributed by atoms with van der Waals surface area (Å²) in [5.74, 6) is -0.625. The summed E-state index contributed by atoms with van der Waals surface area (Å²) in [4.78, 5) is 40.6. The third kappa shape index (κ3) is 4.97. The Morgan fingerprint density at radius 2 is 1.73 bits per heavy atom. The zero-order valence-corrected chi connectivity index (χ0v) is 17.6. The fraction of sp³-hybridized carbons (Fsp3) is 0.348. The number of esters is 1. The number of nitrogens with one attached hydrogen (secondary N) is 1. The highest BCUT2D eigenvalue weighted by molar-refractivity contribution is 6.07. The summed E-state index contributed by atoms with van der Waals surface area (Å²) >= 11 is 0. The lowest BCUT2D eigenvalue weighted by Gasteiger charge is -2.36. The van der Waals surface area contributed by atoms with Crippen LogP contribution in [0.4, 0.5) is 11.4 Å².